The average molecular weight is 524 g/mol. The number of sulfonamides is 1. The van der Waals surface area contributed by atoms with Gasteiger partial charge in [0.05, 0.1) is 28.8 Å². The van der Waals surface area contributed by atoms with Crippen molar-refractivity contribution in [3.63, 3.8) is 0 Å². The summed E-state index contributed by atoms with van der Waals surface area (Å²) in [5, 5.41) is 8.43. The summed E-state index contributed by atoms with van der Waals surface area (Å²) in [7, 11) is -1.66. The van der Waals surface area contributed by atoms with Crippen LogP contribution in [0.1, 0.15) is 56.2 Å². The third-order valence-electron chi connectivity index (χ3n) is 6.90. The smallest absolute Gasteiger partial charge is 0.250 e. The van der Waals surface area contributed by atoms with Gasteiger partial charge in [-0.15, -0.1) is 11.3 Å². The molecule has 2 N–H and O–H groups in total. The molecule has 4 aromatic rings. The summed E-state index contributed by atoms with van der Waals surface area (Å²) >= 11 is 1.23. The van der Waals surface area contributed by atoms with Crippen molar-refractivity contribution >= 4 is 43.4 Å². The van der Waals surface area contributed by atoms with Crippen molar-refractivity contribution in [2.24, 2.45) is 7.05 Å². The van der Waals surface area contributed by atoms with Crippen molar-refractivity contribution in [3.8, 4) is 11.3 Å². The van der Waals surface area contributed by atoms with E-state index in [0.717, 1.165) is 66.0 Å². The van der Waals surface area contributed by atoms with Crippen LogP contribution in [0, 0.1) is 6.92 Å². The molecule has 0 amide bonds. The first kappa shape index (κ1) is 23.4. The van der Waals surface area contributed by atoms with E-state index in [1.807, 2.05) is 49.2 Å². The van der Waals surface area contributed by atoms with Gasteiger partial charge in [0.1, 0.15) is 4.21 Å². The van der Waals surface area contributed by atoms with Gasteiger partial charge in [-0.25, -0.2) is 23.1 Å². The van der Waals surface area contributed by atoms with Crippen molar-refractivity contribution < 1.29 is 8.42 Å². The van der Waals surface area contributed by atoms with E-state index < -0.39 is 10.0 Å². The van der Waals surface area contributed by atoms with Gasteiger partial charge in [-0.3, -0.25) is 9.08 Å². The maximum atomic E-state index is 13.0. The number of aromatic nitrogens is 5. The first-order valence-electron chi connectivity index (χ1n) is 12.3. The molecule has 188 valence electrons. The highest BCUT2D eigenvalue weighted by Crippen LogP contribution is 2.36. The van der Waals surface area contributed by atoms with Crippen molar-refractivity contribution in [2.45, 2.75) is 62.1 Å². The minimum Gasteiger partial charge on any atom is -0.329 e. The first-order valence-corrected chi connectivity index (χ1v) is 14.6. The second-order valence-corrected chi connectivity index (χ2v) is 12.6. The molecule has 0 spiro atoms. The van der Waals surface area contributed by atoms with Crippen LogP contribution in [0.4, 0.5) is 10.8 Å². The maximum Gasteiger partial charge on any atom is 0.250 e. The number of anilines is 2. The molecule has 4 heterocycles. The number of allylic oxidation sites excluding steroid dienone is 2. The van der Waals surface area contributed by atoms with Gasteiger partial charge in [0.2, 0.25) is 0 Å². The number of nitrogens with one attached hydrogen (secondary N) is 2. The van der Waals surface area contributed by atoms with E-state index in [9.17, 15) is 8.42 Å². The molecule has 11 heteroatoms. The lowest BCUT2D eigenvalue weighted by molar-refractivity contribution is 0.384. The number of imidazole rings is 1. The van der Waals surface area contributed by atoms with Gasteiger partial charge >= 0.3 is 0 Å². The zero-order valence-electron chi connectivity index (χ0n) is 20.4. The van der Waals surface area contributed by atoms with Crippen LogP contribution in [0.5, 0.6) is 0 Å². The molecule has 0 aliphatic heterocycles. The van der Waals surface area contributed by atoms with Crippen LogP contribution in [0.15, 0.2) is 41.1 Å². The number of rotatable bonds is 7. The normalized spacial score (nSPS) is 16.8. The Morgan fingerprint density at radius 1 is 1.14 bits per heavy atom. The van der Waals surface area contributed by atoms with Gasteiger partial charge in [-0.1, -0.05) is 12.5 Å². The summed E-state index contributed by atoms with van der Waals surface area (Å²) in [6.45, 7) is 1.83. The van der Waals surface area contributed by atoms with Crippen molar-refractivity contribution in [1.82, 2.24) is 28.9 Å². The van der Waals surface area contributed by atoms with E-state index in [-0.39, 0.29) is 6.04 Å². The third-order valence-corrected chi connectivity index (χ3v) is 10.2. The largest absolute Gasteiger partial charge is 0.329 e. The van der Waals surface area contributed by atoms with Gasteiger partial charge in [0.15, 0.2) is 11.5 Å². The maximum absolute atomic E-state index is 13.0. The Balaban J connectivity index is 1.41. The van der Waals surface area contributed by atoms with Crippen molar-refractivity contribution in [3.05, 3.63) is 48.2 Å². The van der Waals surface area contributed by atoms with Crippen LogP contribution in [-0.2, 0) is 17.1 Å². The lowest BCUT2D eigenvalue weighted by atomic mass is 9.94. The van der Waals surface area contributed by atoms with Crippen LogP contribution < -0.4 is 10.0 Å². The van der Waals surface area contributed by atoms with Gasteiger partial charge < -0.3 is 5.32 Å². The molecule has 6 rings (SSSR count). The zero-order valence-corrected chi connectivity index (χ0v) is 22.0. The monoisotopic (exact) mass is 523 g/mol. The van der Waals surface area contributed by atoms with E-state index in [1.54, 1.807) is 4.68 Å². The van der Waals surface area contributed by atoms with Crippen LogP contribution in [0.2, 0.25) is 0 Å². The summed E-state index contributed by atoms with van der Waals surface area (Å²) in [5.74, 6) is 0.603. The Labute approximate surface area is 214 Å². The van der Waals surface area contributed by atoms with Crippen molar-refractivity contribution in [1.29, 1.82) is 0 Å². The molecule has 0 bridgehead atoms. The molecule has 0 radical (unpaired) electrons. The van der Waals surface area contributed by atoms with Crippen molar-refractivity contribution in [2.75, 3.05) is 5.32 Å². The van der Waals surface area contributed by atoms with Gasteiger partial charge in [-0.05, 0) is 62.7 Å². The molecular formula is C25H29N7O2S2. The fourth-order valence-corrected chi connectivity index (χ4v) is 7.69. The van der Waals surface area contributed by atoms with E-state index >= 15 is 0 Å². The fraction of sp³-hybridized carbons (Fsp3) is 0.400. The average Bonchev–Trinajstić information content (AvgIpc) is 3.55. The molecule has 0 unspecified atom stereocenters. The van der Waals surface area contributed by atoms with E-state index in [4.69, 9.17) is 4.98 Å². The highest BCUT2D eigenvalue weighted by atomic mass is 32.2. The summed E-state index contributed by atoms with van der Waals surface area (Å²) < 4.78 is 33.0. The quantitative estimate of drug-likeness (QED) is 0.352. The number of fused-ring (bicyclic) bond motifs is 1. The molecule has 0 aromatic carbocycles. The van der Waals surface area contributed by atoms with Gasteiger partial charge in [0.25, 0.3) is 10.0 Å². The number of hydrogen-bond donors (Lipinski definition) is 2. The Hall–Kier alpha value is -3.02. The zero-order chi connectivity index (χ0) is 24.9. The van der Waals surface area contributed by atoms with E-state index in [1.165, 1.54) is 23.3 Å². The summed E-state index contributed by atoms with van der Waals surface area (Å²) in [6.07, 6.45) is 17.2. The molecule has 0 saturated heterocycles. The van der Waals surface area contributed by atoms with Crippen LogP contribution in [-0.4, -0.2) is 38.6 Å². The number of nitrogens with zero attached hydrogens (tertiary/aromatic N) is 5. The number of hydrogen-bond acceptors (Lipinski definition) is 7. The minimum atomic E-state index is -3.55. The molecule has 36 heavy (non-hydrogen) atoms. The second kappa shape index (κ2) is 9.13. The molecule has 2 aliphatic rings. The SMILES string of the molecule is Cc1cc(Nc2nc(C3=CCCCC3)cn3c(-c4cnn(C)c4)cnc23)sc1S(=O)(=O)NC1CCC1. The van der Waals surface area contributed by atoms with Crippen LogP contribution >= 0.6 is 11.3 Å². The highest BCUT2D eigenvalue weighted by Gasteiger charge is 2.28. The predicted molar refractivity (Wildman–Crippen MR) is 142 cm³/mol. The summed E-state index contributed by atoms with van der Waals surface area (Å²) in [5.41, 5.74) is 5.42. The molecule has 1 fully saturated rings. The molecular weight excluding hydrogens is 494 g/mol. The minimum absolute atomic E-state index is 0.0467. The fourth-order valence-electron chi connectivity index (χ4n) is 4.77. The van der Waals surface area contributed by atoms with Gasteiger partial charge in [-0.2, -0.15) is 5.10 Å². The van der Waals surface area contributed by atoms with E-state index in [2.05, 4.69) is 26.2 Å². The molecule has 9 nitrogen and oxygen atoms in total. The number of aryl methyl sites for hydroxylation is 2. The van der Waals surface area contributed by atoms with Crippen LogP contribution in [0.3, 0.4) is 0 Å². The molecule has 4 aromatic heterocycles. The second-order valence-electron chi connectivity index (χ2n) is 9.64. The highest BCUT2D eigenvalue weighted by molar-refractivity contribution is 7.91. The Bertz CT molecular complexity index is 1570. The van der Waals surface area contributed by atoms with E-state index in [0.29, 0.717) is 15.7 Å². The summed E-state index contributed by atoms with van der Waals surface area (Å²) in [6, 6.07) is 1.92. The predicted octanol–water partition coefficient (Wildman–Crippen LogP) is 5.03. The Kier molecular flexibility index (Phi) is 5.93. The van der Waals surface area contributed by atoms with Crippen LogP contribution in [0.25, 0.3) is 22.5 Å². The topological polar surface area (TPSA) is 106 Å². The van der Waals surface area contributed by atoms with Gasteiger partial charge in [0, 0.05) is 31.0 Å². The first-order chi connectivity index (χ1) is 17.4. The molecule has 0 atom stereocenters. The standard InChI is InChI=1S/C25H29N7O2S2/c1-16-11-22(35-25(16)36(33,34)30-19-9-6-10-19)29-23-24-26-13-21(18-12-27-31(2)14-18)32(24)15-20(28-23)17-7-4-3-5-8-17/h7,11-15,19,30H,3-6,8-10H2,1-2H3,(H,28,29). The molecule has 1 saturated carbocycles. The Morgan fingerprint density at radius 3 is 2.69 bits per heavy atom. The lowest BCUT2D eigenvalue weighted by Gasteiger charge is -2.25. The molecule has 2 aliphatic carbocycles. The number of thiophene rings is 1. The Morgan fingerprint density at radius 2 is 2.00 bits per heavy atom. The lowest BCUT2D eigenvalue weighted by Crippen LogP contribution is -2.39. The summed E-state index contributed by atoms with van der Waals surface area (Å²) in [4.78, 5) is 9.64. The third kappa shape index (κ3) is 4.35.